The lowest BCUT2D eigenvalue weighted by Crippen LogP contribution is -2.43. The number of primary amides is 1. The van der Waals surface area contributed by atoms with E-state index >= 15 is 0 Å². The third-order valence-electron chi connectivity index (χ3n) is 3.56. The summed E-state index contributed by atoms with van der Waals surface area (Å²) in [6.45, 7) is 4.17. The highest BCUT2D eigenvalue weighted by molar-refractivity contribution is 5.92. The highest BCUT2D eigenvalue weighted by Crippen LogP contribution is 2.14. The molecule has 0 aromatic heterocycles. The second-order valence-corrected chi connectivity index (χ2v) is 5.09. The standard InChI is InChI=1S/C15H21N3O3/c1-2-17-13-9-21-8-12(13)15(20)18-7-10-4-3-5-11(6-10)14(16)19/h3-6,12-13,17H,2,7-9H2,1H3,(H2,16,19)(H,18,20). The molecule has 2 amide bonds. The molecule has 0 bridgehead atoms. The van der Waals surface area contributed by atoms with Crippen molar-refractivity contribution in [2.45, 2.75) is 19.5 Å². The van der Waals surface area contributed by atoms with E-state index in [2.05, 4.69) is 10.6 Å². The van der Waals surface area contributed by atoms with Crippen molar-refractivity contribution in [2.24, 2.45) is 11.7 Å². The van der Waals surface area contributed by atoms with Gasteiger partial charge in [0.1, 0.15) is 0 Å². The number of hydrogen-bond donors (Lipinski definition) is 3. The zero-order valence-electron chi connectivity index (χ0n) is 12.1. The first-order valence-electron chi connectivity index (χ1n) is 7.09. The first-order valence-corrected chi connectivity index (χ1v) is 7.09. The van der Waals surface area contributed by atoms with E-state index in [1.165, 1.54) is 0 Å². The Bertz CT molecular complexity index is 519. The van der Waals surface area contributed by atoms with Gasteiger partial charge in [-0.05, 0) is 24.2 Å². The Morgan fingerprint density at radius 3 is 2.90 bits per heavy atom. The normalized spacial score (nSPS) is 21.2. The average Bonchev–Trinajstić information content (AvgIpc) is 2.94. The monoisotopic (exact) mass is 291 g/mol. The number of hydrogen-bond acceptors (Lipinski definition) is 4. The summed E-state index contributed by atoms with van der Waals surface area (Å²) in [5.74, 6) is -0.688. The summed E-state index contributed by atoms with van der Waals surface area (Å²) in [4.78, 5) is 23.3. The minimum atomic E-state index is -0.473. The van der Waals surface area contributed by atoms with Gasteiger partial charge in [-0.3, -0.25) is 9.59 Å². The number of likely N-dealkylation sites (N-methyl/N-ethyl adjacent to an activating group) is 1. The van der Waals surface area contributed by atoms with Crippen LogP contribution in [0.15, 0.2) is 24.3 Å². The van der Waals surface area contributed by atoms with Crippen molar-refractivity contribution in [1.82, 2.24) is 10.6 Å². The van der Waals surface area contributed by atoms with E-state index in [0.717, 1.165) is 12.1 Å². The molecule has 0 spiro atoms. The Morgan fingerprint density at radius 1 is 1.38 bits per heavy atom. The van der Waals surface area contributed by atoms with Crippen LogP contribution in [-0.4, -0.2) is 37.6 Å². The smallest absolute Gasteiger partial charge is 0.248 e. The molecule has 4 N–H and O–H groups in total. The largest absolute Gasteiger partial charge is 0.379 e. The summed E-state index contributed by atoms with van der Waals surface area (Å²) in [5.41, 5.74) is 6.53. The lowest BCUT2D eigenvalue weighted by Gasteiger charge is -2.17. The van der Waals surface area contributed by atoms with Crippen molar-refractivity contribution < 1.29 is 14.3 Å². The van der Waals surface area contributed by atoms with Crippen LogP contribution in [0.3, 0.4) is 0 Å². The molecule has 2 rings (SSSR count). The van der Waals surface area contributed by atoms with Gasteiger partial charge in [0.2, 0.25) is 11.8 Å². The fourth-order valence-corrected chi connectivity index (χ4v) is 2.43. The molecular formula is C15H21N3O3. The van der Waals surface area contributed by atoms with Crippen LogP contribution in [0.1, 0.15) is 22.8 Å². The summed E-state index contributed by atoms with van der Waals surface area (Å²) in [6.07, 6.45) is 0. The van der Waals surface area contributed by atoms with Crippen molar-refractivity contribution in [3.05, 3.63) is 35.4 Å². The first-order chi connectivity index (χ1) is 10.1. The van der Waals surface area contributed by atoms with Crippen molar-refractivity contribution in [3.63, 3.8) is 0 Å². The highest BCUT2D eigenvalue weighted by Gasteiger charge is 2.33. The van der Waals surface area contributed by atoms with Gasteiger partial charge >= 0.3 is 0 Å². The number of benzene rings is 1. The predicted molar refractivity (Wildman–Crippen MR) is 78.6 cm³/mol. The summed E-state index contributed by atoms with van der Waals surface area (Å²) < 4.78 is 5.36. The first kappa shape index (κ1) is 15.5. The molecule has 1 aromatic rings. The molecule has 6 heteroatoms. The average molecular weight is 291 g/mol. The van der Waals surface area contributed by atoms with Gasteiger partial charge in [-0.2, -0.15) is 0 Å². The quantitative estimate of drug-likeness (QED) is 0.689. The van der Waals surface area contributed by atoms with Crippen LogP contribution in [0.2, 0.25) is 0 Å². The van der Waals surface area contributed by atoms with Gasteiger partial charge in [0, 0.05) is 18.2 Å². The molecule has 114 valence electrons. The molecule has 0 aliphatic carbocycles. The molecule has 6 nitrogen and oxygen atoms in total. The minimum Gasteiger partial charge on any atom is -0.379 e. The molecule has 1 saturated heterocycles. The van der Waals surface area contributed by atoms with Crippen molar-refractivity contribution in [2.75, 3.05) is 19.8 Å². The van der Waals surface area contributed by atoms with E-state index in [9.17, 15) is 9.59 Å². The SMILES string of the molecule is CCNC1COCC1C(=O)NCc1cccc(C(N)=O)c1. The predicted octanol–water partition coefficient (Wildman–Crippen LogP) is 0.0262. The fraction of sp³-hybridized carbons (Fsp3) is 0.467. The van der Waals surface area contributed by atoms with E-state index in [4.69, 9.17) is 10.5 Å². The zero-order chi connectivity index (χ0) is 15.2. The maximum absolute atomic E-state index is 12.2. The molecule has 2 atom stereocenters. The number of ether oxygens (including phenoxy) is 1. The second kappa shape index (κ2) is 7.19. The molecule has 0 radical (unpaired) electrons. The molecule has 1 aromatic carbocycles. The van der Waals surface area contributed by atoms with E-state index < -0.39 is 5.91 Å². The van der Waals surface area contributed by atoms with E-state index in [-0.39, 0.29) is 17.9 Å². The third-order valence-corrected chi connectivity index (χ3v) is 3.56. The molecule has 2 unspecified atom stereocenters. The van der Waals surface area contributed by atoms with E-state index in [1.807, 2.05) is 13.0 Å². The second-order valence-electron chi connectivity index (χ2n) is 5.09. The van der Waals surface area contributed by atoms with Gasteiger partial charge in [-0.15, -0.1) is 0 Å². The number of carbonyl (C=O) groups excluding carboxylic acids is 2. The highest BCUT2D eigenvalue weighted by atomic mass is 16.5. The van der Waals surface area contributed by atoms with Crippen LogP contribution >= 0.6 is 0 Å². The van der Waals surface area contributed by atoms with Crippen LogP contribution in [0.4, 0.5) is 0 Å². The molecule has 0 saturated carbocycles. The number of nitrogens with two attached hydrogens (primary N) is 1. The third kappa shape index (κ3) is 4.03. The summed E-state index contributed by atoms with van der Waals surface area (Å²) in [7, 11) is 0. The Balaban J connectivity index is 1.91. The molecule has 1 aliphatic heterocycles. The Hall–Kier alpha value is -1.92. The van der Waals surface area contributed by atoms with Gasteiger partial charge in [-0.1, -0.05) is 19.1 Å². The topological polar surface area (TPSA) is 93.4 Å². The maximum Gasteiger partial charge on any atom is 0.248 e. The number of nitrogens with one attached hydrogen (secondary N) is 2. The molecule has 1 heterocycles. The Morgan fingerprint density at radius 2 is 2.19 bits per heavy atom. The number of carbonyl (C=O) groups is 2. The lowest BCUT2D eigenvalue weighted by molar-refractivity contribution is -0.125. The fourth-order valence-electron chi connectivity index (χ4n) is 2.43. The molecule has 21 heavy (non-hydrogen) atoms. The van der Waals surface area contributed by atoms with Crippen LogP contribution in [-0.2, 0) is 16.1 Å². The molecular weight excluding hydrogens is 270 g/mol. The van der Waals surface area contributed by atoms with Crippen molar-refractivity contribution in [1.29, 1.82) is 0 Å². The Labute approximate surface area is 124 Å². The summed E-state index contributed by atoms with van der Waals surface area (Å²) in [5, 5.41) is 6.14. The van der Waals surface area contributed by atoms with Gasteiger partial charge in [0.05, 0.1) is 19.1 Å². The lowest BCUT2D eigenvalue weighted by atomic mass is 10.0. The number of rotatable bonds is 6. The van der Waals surface area contributed by atoms with Crippen molar-refractivity contribution in [3.8, 4) is 0 Å². The molecule has 1 aliphatic rings. The summed E-state index contributed by atoms with van der Waals surface area (Å²) in [6, 6.07) is 7.00. The zero-order valence-corrected chi connectivity index (χ0v) is 12.1. The van der Waals surface area contributed by atoms with Gasteiger partial charge in [0.25, 0.3) is 0 Å². The van der Waals surface area contributed by atoms with Gasteiger partial charge in [-0.25, -0.2) is 0 Å². The van der Waals surface area contributed by atoms with E-state index in [0.29, 0.717) is 25.3 Å². The van der Waals surface area contributed by atoms with Gasteiger partial charge < -0.3 is 21.1 Å². The minimum absolute atomic E-state index is 0.0390. The Kier molecular flexibility index (Phi) is 5.30. The van der Waals surface area contributed by atoms with Crippen LogP contribution in [0.25, 0.3) is 0 Å². The number of amides is 2. The van der Waals surface area contributed by atoms with Gasteiger partial charge in [0.15, 0.2) is 0 Å². The van der Waals surface area contributed by atoms with Crippen LogP contribution in [0, 0.1) is 5.92 Å². The van der Waals surface area contributed by atoms with E-state index in [1.54, 1.807) is 18.2 Å². The van der Waals surface area contributed by atoms with Crippen LogP contribution < -0.4 is 16.4 Å². The summed E-state index contributed by atoms with van der Waals surface area (Å²) >= 11 is 0. The van der Waals surface area contributed by atoms with Crippen LogP contribution in [0.5, 0.6) is 0 Å². The molecule has 1 fully saturated rings. The maximum atomic E-state index is 12.2. The van der Waals surface area contributed by atoms with Crippen molar-refractivity contribution >= 4 is 11.8 Å².